The summed E-state index contributed by atoms with van der Waals surface area (Å²) >= 11 is 0. The van der Waals surface area contributed by atoms with E-state index in [1.165, 1.54) is 5.56 Å². The fourth-order valence-electron chi connectivity index (χ4n) is 4.08. The lowest BCUT2D eigenvalue weighted by Crippen LogP contribution is -2.36. The smallest absolute Gasteiger partial charge is 0.226 e. The fourth-order valence-corrected chi connectivity index (χ4v) is 4.08. The van der Waals surface area contributed by atoms with Gasteiger partial charge in [-0.05, 0) is 35.7 Å². The van der Waals surface area contributed by atoms with Crippen LogP contribution in [0.4, 0.5) is 0 Å². The number of carbonyl (C=O) groups is 2. The molecular weight excluding hydrogens is 400 g/mol. The highest BCUT2D eigenvalue weighted by Gasteiger charge is 2.35. The Bertz CT molecular complexity index is 1060. The van der Waals surface area contributed by atoms with E-state index in [0.717, 1.165) is 22.4 Å². The molecule has 3 aromatic rings. The van der Waals surface area contributed by atoms with Gasteiger partial charge in [-0.15, -0.1) is 0 Å². The SMILES string of the molecule is COc1ccc(C(NC(=O)C2CC(=O)N(Cc3ccc(C)cc3)C2)c2ccccc2)cc1. The number of ether oxygens (including phenoxy) is 1. The van der Waals surface area contributed by atoms with E-state index < -0.39 is 0 Å². The van der Waals surface area contributed by atoms with Gasteiger partial charge in [0.05, 0.1) is 19.1 Å². The van der Waals surface area contributed by atoms with Crippen LogP contribution in [0.25, 0.3) is 0 Å². The van der Waals surface area contributed by atoms with Gasteiger partial charge in [0.2, 0.25) is 11.8 Å². The number of amides is 2. The van der Waals surface area contributed by atoms with Crippen molar-refractivity contribution in [3.05, 3.63) is 101 Å². The normalized spacial score (nSPS) is 16.6. The minimum atomic E-state index is -0.364. The molecule has 2 unspecified atom stereocenters. The van der Waals surface area contributed by atoms with Crippen molar-refractivity contribution in [2.45, 2.75) is 25.9 Å². The molecule has 4 rings (SSSR count). The largest absolute Gasteiger partial charge is 0.497 e. The number of carbonyl (C=O) groups excluding carboxylic acids is 2. The van der Waals surface area contributed by atoms with Crippen LogP contribution in [0.2, 0.25) is 0 Å². The van der Waals surface area contributed by atoms with Crippen molar-refractivity contribution in [1.29, 1.82) is 0 Å². The van der Waals surface area contributed by atoms with Crippen LogP contribution in [-0.4, -0.2) is 30.4 Å². The van der Waals surface area contributed by atoms with Gasteiger partial charge in [0.1, 0.15) is 5.75 Å². The molecule has 1 saturated heterocycles. The Morgan fingerprint density at radius 1 is 1.00 bits per heavy atom. The summed E-state index contributed by atoms with van der Waals surface area (Å²) < 4.78 is 5.27. The molecule has 1 fully saturated rings. The van der Waals surface area contributed by atoms with Crippen LogP contribution in [-0.2, 0) is 16.1 Å². The molecule has 0 aromatic heterocycles. The van der Waals surface area contributed by atoms with E-state index in [9.17, 15) is 9.59 Å². The molecule has 1 aliphatic rings. The molecule has 0 spiro atoms. The molecule has 0 bridgehead atoms. The molecule has 0 radical (unpaired) electrons. The second kappa shape index (κ2) is 9.69. The molecule has 0 aliphatic carbocycles. The molecule has 2 atom stereocenters. The Hall–Kier alpha value is -3.60. The van der Waals surface area contributed by atoms with Gasteiger partial charge in [0, 0.05) is 19.5 Å². The molecule has 1 heterocycles. The minimum Gasteiger partial charge on any atom is -0.497 e. The number of benzene rings is 3. The molecule has 1 aliphatic heterocycles. The molecule has 5 heteroatoms. The highest BCUT2D eigenvalue weighted by atomic mass is 16.5. The standard InChI is InChI=1S/C27H28N2O3/c1-19-8-10-20(11-9-19)17-29-18-23(16-25(29)30)27(31)28-26(21-6-4-3-5-7-21)22-12-14-24(32-2)15-13-22/h3-15,23,26H,16-18H2,1-2H3,(H,28,31). The molecular formula is C27H28N2O3. The van der Waals surface area contributed by atoms with Crippen LogP contribution in [0.1, 0.15) is 34.7 Å². The van der Waals surface area contributed by atoms with Gasteiger partial charge in [-0.25, -0.2) is 0 Å². The van der Waals surface area contributed by atoms with Crippen LogP contribution < -0.4 is 10.1 Å². The van der Waals surface area contributed by atoms with E-state index in [1.807, 2.05) is 85.8 Å². The molecule has 5 nitrogen and oxygen atoms in total. The maximum absolute atomic E-state index is 13.2. The number of hydrogen-bond donors (Lipinski definition) is 1. The Morgan fingerprint density at radius 2 is 1.66 bits per heavy atom. The number of rotatable bonds is 7. The molecule has 0 saturated carbocycles. The predicted octanol–water partition coefficient (Wildman–Crippen LogP) is 4.26. The summed E-state index contributed by atoms with van der Waals surface area (Å²) in [6, 6.07) is 25.4. The molecule has 3 aromatic carbocycles. The molecule has 164 valence electrons. The second-order valence-electron chi connectivity index (χ2n) is 8.29. The van der Waals surface area contributed by atoms with Gasteiger partial charge in [0.25, 0.3) is 0 Å². The third kappa shape index (κ3) is 4.99. The van der Waals surface area contributed by atoms with Crippen LogP contribution in [0.15, 0.2) is 78.9 Å². The van der Waals surface area contributed by atoms with Gasteiger partial charge in [-0.1, -0.05) is 72.3 Å². The quantitative estimate of drug-likeness (QED) is 0.612. The van der Waals surface area contributed by atoms with E-state index in [2.05, 4.69) is 5.32 Å². The number of likely N-dealkylation sites (tertiary alicyclic amines) is 1. The summed E-state index contributed by atoms with van der Waals surface area (Å²) in [5.41, 5.74) is 4.22. The number of methoxy groups -OCH3 is 1. The first kappa shape index (κ1) is 21.6. The molecule has 32 heavy (non-hydrogen) atoms. The van der Waals surface area contributed by atoms with E-state index >= 15 is 0 Å². The van der Waals surface area contributed by atoms with Crippen molar-refractivity contribution in [3.8, 4) is 5.75 Å². The highest BCUT2D eigenvalue weighted by Crippen LogP contribution is 2.27. The number of nitrogens with zero attached hydrogens (tertiary/aromatic N) is 1. The van der Waals surface area contributed by atoms with E-state index in [4.69, 9.17) is 4.74 Å². The van der Waals surface area contributed by atoms with Crippen molar-refractivity contribution < 1.29 is 14.3 Å². The zero-order valence-corrected chi connectivity index (χ0v) is 18.5. The maximum atomic E-state index is 13.2. The number of aryl methyl sites for hydroxylation is 1. The van der Waals surface area contributed by atoms with Crippen LogP contribution in [0.5, 0.6) is 5.75 Å². The maximum Gasteiger partial charge on any atom is 0.226 e. The van der Waals surface area contributed by atoms with Crippen molar-refractivity contribution in [1.82, 2.24) is 10.2 Å². The first-order chi connectivity index (χ1) is 15.5. The highest BCUT2D eigenvalue weighted by molar-refractivity contribution is 5.89. The average Bonchev–Trinajstić information content (AvgIpc) is 3.19. The van der Waals surface area contributed by atoms with Gasteiger partial charge >= 0.3 is 0 Å². The fraction of sp³-hybridized carbons (Fsp3) is 0.259. The van der Waals surface area contributed by atoms with Crippen molar-refractivity contribution >= 4 is 11.8 Å². The van der Waals surface area contributed by atoms with Gasteiger partial charge in [0.15, 0.2) is 0 Å². The van der Waals surface area contributed by atoms with Crippen molar-refractivity contribution in [2.75, 3.05) is 13.7 Å². The third-order valence-electron chi connectivity index (χ3n) is 5.95. The van der Waals surface area contributed by atoms with Crippen LogP contribution in [0, 0.1) is 12.8 Å². The monoisotopic (exact) mass is 428 g/mol. The Balaban J connectivity index is 1.48. The molecule has 2 amide bonds. The lowest BCUT2D eigenvalue weighted by Gasteiger charge is -2.22. The Labute approximate surface area is 189 Å². The summed E-state index contributed by atoms with van der Waals surface area (Å²) in [5, 5.41) is 3.18. The average molecular weight is 429 g/mol. The summed E-state index contributed by atoms with van der Waals surface area (Å²) in [7, 11) is 1.63. The number of nitrogens with one attached hydrogen (secondary N) is 1. The summed E-state index contributed by atoms with van der Waals surface area (Å²) in [4.78, 5) is 27.6. The first-order valence-corrected chi connectivity index (χ1v) is 10.9. The lowest BCUT2D eigenvalue weighted by atomic mass is 9.97. The molecule has 1 N–H and O–H groups in total. The first-order valence-electron chi connectivity index (χ1n) is 10.9. The minimum absolute atomic E-state index is 0.0198. The van der Waals surface area contributed by atoms with E-state index in [0.29, 0.717) is 13.1 Å². The summed E-state index contributed by atoms with van der Waals surface area (Å²) in [5.74, 6) is 0.318. The Morgan fingerprint density at radius 3 is 2.31 bits per heavy atom. The van der Waals surface area contributed by atoms with Gasteiger partial charge in [-0.3, -0.25) is 9.59 Å². The zero-order chi connectivity index (χ0) is 22.5. The lowest BCUT2D eigenvalue weighted by molar-refractivity contribution is -0.129. The second-order valence-corrected chi connectivity index (χ2v) is 8.29. The van der Waals surface area contributed by atoms with E-state index in [1.54, 1.807) is 12.0 Å². The van der Waals surface area contributed by atoms with Crippen LogP contribution in [0.3, 0.4) is 0 Å². The topological polar surface area (TPSA) is 58.6 Å². The Kier molecular flexibility index (Phi) is 6.55. The zero-order valence-electron chi connectivity index (χ0n) is 18.5. The van der Waals surface area contributed by atoms with Gasteiger partial charge < -0.3 is 15.0 Å². The third-order valence-corrected chi connectivity index (χ3v) is 5.95. The van der Waals surface area contributed by atoms with Crippen LogP contribution >= 0.6 is 0 Å². The van der Waals surface area contributed by atoms with Gasteiger partial charge in [-0.2, -0.15) is 0 Å². The van der Waals surface area contributed by atoms with Crippen molar-refractivity contribution in [3.63, 3.8) is 0 Å². The number of hydrogen-bond acceptors (Lipinski definition) is 3. The van der Waals surface area contributed by atoms with E-state index in [-0.39, 0.29) is 30.2 Å². The predicted molar refractivity (Wildman–Crippen MR) is 124 cm³/mol. The summed E-state index contributed by atoms with van der Waals surface area (Å²) in [6.45, 7) is 3.00. The van der Waals surface area contributed by atoms with Crippen molar-refractivity contribution in [2.24, 2.45) is 5.92 Å². The summed E-state index contributed by atoms with van der Waals surface area (Å²) in [6.07, 6.45) is 0.238.